The van der Waals surface area contributed by atoms with E-state index in [9.17, 15) is 14.4 Å². The Hall–Kier alpha value is -2.75. The van der Waals surface area contributed by atoms with Gasteiger partial charge in [-0.1, -0.05) is 63.3 Å². The molecule has 0 aromatic heterocycles. The lowest BCUT2D eigenvalue weighted by Gasteiger charge is -2.31. The molecule has 9 nitrogen and oxygen atoms in total. The van der Waals surface area contributed by atoms with Crippen molar-refractivity contribution in [2.24, 2.45) is 23.5 Å². The van der Waals surface area contributed by atoms with E-state index < -0.39 is 36.0 Å². The molecule has 4 N–H and O–H groups in total. The number of nitrogens with two attached hydrogens (primary N) is 1. The van der Waals surface area contributed by atoms with E-state index in [1.54, 1.807) is 6.92 Å². The van der Waals surface area contributed by atoms with E-state index in [1.165, 1.54) is 5.01 Å². The van der Waals surface area contributed by atoms with Crippen molar-refractivity contribution in [3.63, 3.8) is 0 Å². The van der Waals surface area contributed by atoms with Crippen molar-refractivity contribution in [1.82, 2.24) is 15.9 Å². The standard InChI is InChI=1S/C28H44N4O5/c1-5-17-32(28(35)21(4)29)30-26(33)24(19-20(2)3)23(15-11-14-22-12-7-6-8-13-22)27(34)31-37-25-16-9-10-18-36-25/h6-8,11-14,20-21,23-25H,5,9-10,15-19,29H2,1-4H3,(H,30,33)(H,31,34)/t21-,23+,24-,25?/m1/s1. The van der Waals surface area contributed by atoms with Gasteiger partial charge in [0, 0.05) is 19.6 Å². The number of allylic oxidation sites excluding steroid dienone is 1. The summed E-state index contributed by atoms with van der Waals surface area (Å²) in [6, 6.07) is 8.99. The van der Waals surface area contributed by atoms with E-state index in [1.807, 2.05) is 63.3 Å². The van der Waals surface area contributed by atoms with Crippen LogP contribution in [0.25, 0.3) is 6.08 Å². The van der Waals surface area contributed by atoms with E-state index in [0.717, 1.165) is 18.4 Å². The fourth-order valence-electron chi connectivity index (χ4n) is 4.24. The number of carbonyl (C=O) groups is 3. The van der Waals surface area contributed by atoms with Crippen LogP contribution in [0, 0.1) is 17.8 Å². The minimum atomic E-state index is -0.757. The molecule has 1 fully saturated rings. The molecule has 37 heavy (non-hydrogen) atoms. The number of carbonyl (C=O) groups excluding carboxylic acids is 3. The van der Waals surface area contributed by atoms with Crippen LogP contribution in [0.5, 0.6) is 0 Å². The minimum Gasteiger partial charge on any atom is -0.350 e. The van der Waals surface area contributed by atoms with Crippen LogP contribution in [0.15, 0.2) is 36.4 Å². The number of nitrogens with zero attached hydrogens (tertiary/aromatic N) is 1. The summed E-state index contributed by atoms with van der Waals surface area (Å²) in [6.45, 7) is 8.40. The summed E-state index contributed by atoms with van der Waals surface area (Å²) in [5.74, 6) is -2.44. The van der Waals surface area contributed by atoms with Crippen molar-refractivity contribution in [3.8, 4) is 0 Å². The number of hydrazine groups is 1. The summed E-state index contributed by atoms with van der Waals surface area (Å²) in [5.41, 5.74) is 12.1. The molecule has 2 rings (SSSR count). The molecule has 206 valence electrons. The lowest BCUT2D eigenvalue weighted by atomic mass is 9.82. The molecule has 1 heterocycles. The minimum absolute atomic E-state index is 0.135. The van der Waals surface area contributed by atoms with Crippen molar-refractivity contribution >= 4 is 23.8 Å². The Balaban J connectivity index is 2.25. The van der Waals surface area contributed by atoms with Gasteiger partial charge in [-0.2, -0.15) is 0 Å². The molecule has 1 saturated heterocycles. The molecule has 3 amide bonds. The van der Waals surface area contributed by atoms with E-state index >= 15 is 0 Å². The first-order valence-electron chi connectivity index (χ1n) is 13.4. The number of hydrogen-bond donors (Lipinski definition) is 3. The zero-order valence-corrected chi connectivity index (χ0v) is 22.7. The smallest absolute Gasteiger partial charge is 0.257 e. The molecular weight excluding hydrogens is 472 g/mol. The fourth-order valence-corrected chi connectivity index (χ4v) is 4.24. The van der Waals surface area contributed by atoms with E-state index in [-0.39, 0.29) is 11.8 Å². The third-order valence-electron chi connectivity index (χ3n) is 6.16. The number of benzene rings is 1. The molecule has 4 atom stereocenters. The monoisotopic (exact) mass is 516 g/mol. The first-order chi connectivity index (χ1) is 17.7. The molecule has 1 aliphatic heterocycles. The van der Waals surface area contributed by atoms with E-state index in [4.69, 9.17) is 15.3 Å². The van der Waals surface area contributed by atoms with Crippen molar-refractivity contribution in [3.05, 3.63) is 42.0 Å². The first-order valence-corrected chi connectivity index (χ1v) is 13.4. The zero-order chi connectivity index (χ0) is 27.2. The molecule has 1 aromatic carbocycles. The van der Waals surface area contributed by atoms with E-state index in [0.29, 0.717) is 38.8 Å². The Kier molecular flexibility index (Phi) is 13.3. The quantitative estimate of drug-likeness (QED) is 0.345. The average Bonchev–Trinajstić information content (AvgIpc) is 2.89. The largest absolute Gasteiger partial charge is 0.350 e. The summed E-state index contributed by atoms with van der Waals surface area (Å²) >= 11 is 0. The van der Waals surface area contributed by atoms with Gasteiger partial charge in [0.15, 0.2) is 6.29 Å². The van der Waals surface area contributed by atoms with Crippen molar-refractivity contribution in [1.29, 1.82) is 0 Å². The molecule has 0 saturated carbocycles. The van der Waals surface area contributed by atoms with Crippen LogP contribution in [0.2, 0.25) is 0 Å². The Morgan fingerprint density at radius 2 is 1.86 bits per heavy atom. The van der Waals surface area contributed by atoms with Gasteiger partial charge in [-0.05, 0) is 50.5 Å². The summed E-state index contributed by atoms with van der Waals surface area (Å²) in [6.07, 6.45) is 7.36. The molecule has 9 heteroatoms. The second kappa shape index (κ2) is 16.2. The maximum Gasteiger partial charge on any atom is 0.257 e. The molecule has 1 unspecified atom stereocenters. The molecule has 1 aliphatic rings. The molecular formula is C28H44N4O5. The van der Waals surface area contributed by atoms with Crippen LogP contribution < -0.4 is 16.6 Å². The van der Waals surface area contributed by atoms with Gasteiger partial charge < -0.3 is 10.5 Å². The van der Waals surface area contributed by atoms with Gasteiger partial charge in [-0.25, -0.2) is 10.3 Å². The van der Waals surface area contributed by atoms with Crippen LogP contribution in [-0.2, 0) is 24.0 Å². The topological polar surface area (TPSA) is 123 Å². The van der Waals surface area contributed by atoms with E-state index in [2.05, 4.69) is 10.9 Å². The third kappa shape index (κ3) is 10.6. The lowest BCUT2D eigenvalue weighted by Crippen LogP contribution is -2.55. The number of hydrogen-bond acceptors (Lipinski definition) is 6. The highest BCUT2D eigenvalue weighted by Crippen LogP contribution is 2.26. The van der Waals surface area contributed by atoms with Crippen LogP contribution in [0.3, 0.4) is 0 Å². The molecule has 1 aromatic rings. The SMILES string of the molecule is CCCN(NC(=O)[C@H](CC(C)C)[C@H](CC=Cc1ccccc1)C(=O)NOC1CCCCO1)C(=O)[C@@H](C)N. The Bertz CT molecular complexity index is 869. The third-order valence-corrected chi connectivity index (χ3v) is 6.16. The lowest BCUT2D eigenvalue weighted by molar-refractivity contribution is -0.203. The van der Waals surface area contributed by atoms with Gasteiger partial charge in [0.1, 0.15) is 0 Å². The Morgan fingerprint density at radius 1 is 1.14 bits per heavy atom. The van der Waals surface area contributed by atoms with Gasteiger partial charge in [-0.15, -0.1) is 0 Å². The van der Waals surface area contributed by atoms with Gasteiger partial charge in [0.05, 0.1) is 17.9 Å². The highest BCUT2D eigenvalue weighted by molar-refractivity contribution is 5.89. The van der Waals surface area contributed by atoms with Gasteiger partial charge in [0.25, 0.3) is 5.91 Å². The predicted octanol–water partition coefficient (Wildman–Crippen LogP) is 3.56. The average molecular weight is 517 g/mol. The number of nitrogens with one attached hydrogen (secondary N) is 2. The maximum atomic E-state index is 13.6. The van der Waals surface area contributed by atoms with Crippen LogP contribution >= 0.6 is 0 Å². The maximum absolute atomic E-state index is 13.6. The Labute approximate surface area is 221 Å². The van der Waals surface area contributed by atoms with Crippen LogP contribution in [0.1, 0.15) is 71.8 Å². The number of rotatable bonds is 13. The summed E-state index contributed by atoms with van der Waals surface area (Å²) in [4.78, 5) is 45.1. The molecule has 0 aliphatic carbocycles. The summed E-state index contributed by atoms with van der Waals surface area (Å²) in [5, 5.41) is 1.27. The summed E-state index contributed by atoms with van der Waals surface area (Å²) in [7, 11) is 0. The second-order valence-electron chi connectivity index (χ2n) is 10.0. The van der Waals surface area contributed by atoms with Crippen molar-refractivity contribution < 1.29 is 24.0 Å². The highest BCUT2D eigenvalue weighted by Gasteiger charge is 2.35. The van der Waals surface area contributed by atoms with Crippen molar-refractivity contribution in [2.45, 2.75) is 78.6 Å². The second-order valence-corrected chi connectivity index (χ2v) is 10.0. The highest BCUT2D eigenvalue weighted by atomic mass is 16.8. The van der Waals surface area contributed by atoms with Crippen LogP contribution in [0.4, 0.5) is 0 Å². The molecule has 0 spiro atoms. The normalized spacial score (nSPS) is 18.3. The number of amides is 3. The predicted molar refractivity (Wildman–Crippen MR) is 143 cm³/mol. The first kappa shape index (κ1) is 30.5. The number of hydroxylamine groups is 1. The van der Waals surface area contributed by atoms with Gasteiger partial charge in [0.2, 0.25) is 11.8 Å². The van der Waals surface area contributed by atoms with Gasteiger partial charge in [-0.3, -0.25) is 24.8 Å². The molecule has 0 radical (unpaired) electrons. The fraction of sp³-hybridized carbons (Fsp3) is 0.607. The Morgan fingerprint density at radius 3 is 2.46 bits per heavy atom. The summed E-state index contributed by atoms with van der Waals surface area (Å²) < 4.78 is 5.56. The zero-order valence-electron chi connectivity index (χ0n) is 22.7. The van der Waals surface area contributed by atoms with Gasteiger partial charge >= 0.3 is 0 Å². The number of ether oxygens (including phenoxy) is 1. The van der Waals surface area contributed by atoms with Crippen LogP contribution in [-0.4, -0.2) is 48.2 Å². The van der Waals surface area contributed by atoms with Crippen molar-refractivity contribution in [2.75, 3.05) is 13.2 Å². The molecule has 0 bridgehead atoms.